The minimum absolute atomic E-state index is 0.332. The third kappa shape index (κ3) is 2.78. The van der Waals surface area contributed by atoms with Crippen LogP contribution in [0.3, 0.4) is 0 Å². The molecule has 3 heteroatoms. The van der Waals surface area contributed by atoms with E-state index >= 15 is 0 Å². The van der Waals surface area contributed by atoms with Gasteiger partial charge < -0.3 is 0 Å². The molecule has 0 amide bonds. The van der Waals surface area contributed by atoms with Crippen LogP contribution in [0, 0.1) is 22.7 Å². The monoisotopic (exact) mass is 190 g/mol. The zero-order chi connectivity index (χ0) is 9.68. The SMILES string of the molecule is N#CCc1cc(Cl)cc(CC#N)c1. The molecule has 1 rings (SSSR count). The second-order valence-corrected chi connectivity index (χ2v) is 3.07. The molecule has 0 bridgehead atoms. The smallest absolute Gasteiger partial charge is 0.0669 e. The van der Waals surface area contributed by atoms with E-state index in [4.69, 9.17) is 22.1 Å². The molecular weight excluding hydrogens is 184 g/mol. The van der Waals surface area contributed by atoms with Crippen LogP contribution >= 0.6 is 11.6 Å². The number of halogens is 1. The van der Waals surface area contributed by atoms with Crippen molar-refractivity contribution >= 4 is 11.6 Å². The van der Waals surface area contributed by atoms with E-state index in [1.165, 1.54) is 0 Å². The molecule has 0 unspecified atom stereocenters. The lowest BCUT2D eigenvalue weighted by molar-refractivity contribution is 1.20. The van der Waals surface area contributed by atoms with Crippen molar-refractivity contribution in [2.75, 3.05) is 0 Å². The van der Waals surface area contributed by atoms with Crippen molar-refractivity contribution in [3.63, 3.8) is 0 Å². The first-order chi connectivity index (χ1) is 6.26. The summed E-state index contributed by atoms with van der Waals surface area (Å²) in [5.41, 5.74) is 1.72. The summed E-state index contributed by atoms with van der Waals surface area (Å²) in [6.45, 7) is 0. The molecular formula is C10H7ClN2. The maximum absolute atomic E-state index is 8.47. The number of hydrogen-bond acceptors (Lipinski definition) is 2. The summed E-state index contributed by atoms with van der Waals surface area (Å²) < 4.78 is 0. The number of benzene rings is 1. The topological polar surface area (TPSA) is 47.6 Å². The lowest BCUT2D eigenvalue weighted by Gasteiger charge is -1.99. The molecule has 1 aromatic carbocycles. The van der Waals surface area contributed by atoms with Gasteiger partial charge in [0.2, 0.25) is 0 Å². The van der Waals surface area contributed by atoms with E-state index in [1.807, 2.05) is 18.2 Å². The largest absolute Gasteiger partial charge is 0.198 e. The highest BCUT2D eigenvalue weighted by atomic mass is 35.5. The summed E-state index contributed by atoms with van der Waals surface area (Å²) in [7, 11) is 0. The first kappa shape index (κ1) is 9.58. The fourth-order valence-electron chi connectivity index (χ4n) is 1.10. The summed E-state index contributed by atoms with van der Waals surface area (Å²) in [4.78, 5) is 0. The lowest BCUT2D eigenvalue weighted by atomic mass is 10.1. The second kappa shape index (κ2) is 4.50. The molecule has 0 aliphatic rings. The fraction of sp³-hybridized carbons (Fsp3) is 0.200. The molecule has 0 aliphatic carbocycles. The van der Waals surface area contributed by atoms with Crippen molar-refractivity contribution in [1.29, 1.82) is 10.5 Å². The maximum Gasteiger partial charge on any atom is 0.0669 e. The van der Waals surface area contributed by atoms with E-state index in [-0.39, 0.29) is 0 Å². The molecule has 0 heterocycles. The van der Waals surface area contributed by atoms with E-state index in [0.29, 0.717) is 17.9 Å². The predicted molar refractivity (Wildman–Crippen MR) is 50.1 cm³/mol. The molecule has 13 heavy (non-hydrogen) atoms. The molecule has 0 N–H and O–H groups in total. The Hall–Kier alpha value is -1.51. The molecule has 0 radical (unpaired) electrons. The highest BCUT2D eigenvalue weighted by Gasteiger charge is 1.98. The van der Waals surface area contributed by atoms with Crippen LogP contribution in [0.5, 0.6) is 0 Å². The maximum atomic E-state index is 8.47. The van der Waals surface area contributed by atoms with Gasteiger partial charge in [0.25, 0.3) is 0 Å². The van der Waals surface area contributed by atoms with Gasteiger partial charge >= 0.3 is 0 Å². The van der Waals surface area contributed by atoms with Gasteiger partial charge in [0.05, 0.1) is 25.0 Å². The molecule has 64 valence electrons. The van der Waals surface area contributed by atoms with E-state index in [0.717, 1.165) is 11.1 Å². The Balaban J connectivity index is 2.99. The molecule has 0 aliphatic heterocycles. The minimum Gasteiger partial charge on any atom is -0.198 e. The quantitative estimate of drug-likeness (QED) is 0.719. The second-order valence-electron chi connectivity index (χ2n) is 2.64. The van der Waals surface area contributed by atoms with Crippen molar-refractivity contribution in [3.05, 3.63) is 34.3 Å². The van der Waals surface area contributed by atoms with Gasteiger partial charge in [0.15, 0.2) is 0 Å². The minimum atomic E-state index is 0.332. The van der Waals surface area contributed by atoms with Gasteiger partial charge in [-0.05, 0) is 23.3 Å². The van der Waals surface area contributed by atoms with Gasteiger partial charge in [-0.1, -0.05) is 17.7 Å². The average Bonchev–Trinajstić information content (AvgIpc) is 2.04. The zero-order valence-electron chi connectivity index (χ0n) is 6.92. The highest BCUT2D eigenvalue weighted by Crippen LogP contribution is 2.15. The highest BCUT2D eigenvalue weighted by molar-refractivity contribution is 6.30. The summed E-state index contributed by atoms with van der Waals surface area (Å²) in [5.74, 6) is 0. The Kier molecular flexibility index (Phi) is 3.31. The molecule has 1 aromatic rings. The Morgan fingerprint density at radius 3 is 1.85 bits per heavy atom. The molecule has 0 atom stereocenters. The summed E-state index contributed by atoms with van der Waals surface area (Å²) >= 11 is 5.80. The van der Waals surface area contributed by atoms with Crippen molar-refractivity contribution in [2.45, 2.75) is 12.8 Å². The number of nitrogens with zero attached hydrogens (tertiary/aromatic N) is 2. The standard InChI is InChI=1S/C10H7ClN2/c11-10-6-8(1-3-12)5-9(7-10)2-4-13/h5-7H,1-2H2. The van der Waals surface area contributed by atoms with Gasteiger partial charge in [-0.25, -0.2) is 0 Å². The fourth-order valence-corrected chi connectivity index (χ4v) is 1.38. The lowest BCUT2D eigenvalue weighted by Crippen LogP contribution is -1.87. The number of rotatable bonds is 2. The summed E-state index contributed by atoms with van der Waals surface area (Å²) in [6, 6.07) is 9.39. The van der Waals surface area contributed by atoms with E-state index < -0.39 is 0 Å². The summed E-state index contributed by atoms with van der Waals surface area (Å²) in [6.07, 6.45) is 0.665. The normalized spacial score (nSPS) is 8.85. The van der Waals surface area contributed by atoms with Gasteiger partial charge in [0, 0.05) is 5.02 Å². The average molecular weight is 191 g/mol. The Morgan fingerprint density at radius 1 is 1.00 bits per heavy atom. The molecule has 0 spiro atoms. The van der Waals surface area contributed by atoms with Crippen LogP contribution in [0.2, 0.25) is 5.02 Å². The van der Waals surface area contributed by atoms with Crippen LogP contribution in [-0.4, -0.2) is 0 Å². The molecule has 0 saturated carbocycles. The summed E-state index contributed by atoms with van der Waals surface area (Å²) in [5, 5.41) is 17.5. The van der Waals surface area contributed by atoms with Gasteiger partial charge in [-0.15, -0.1) is 0 Å². The number of nitriles is 2. The van der Waals surface area contributed by atoms with Crippen LogP contribution in [0.25, 0.3) is 0 Å². The molecule has 0 aromatic heterocycles. The first-order valence-corrected chi connectivity index (χ1v) is 4.16. The van der Waals surface area contributed by atoms with Gasteiger partial charge in [-0.2, -0.15) is 10.5 Å². The van der Waals surface area contributed by atoms with E-state index in [1.54, 1.807) is 12.1 Å². The predicted octanol–water partition coefficient (Wildman–Crippen LogP) is 2.47. The Morgan fingerprint density at radius 2 is 1.46 bits per heavy atom. The first-order valence-electron chi connectivity index (χ1n) is 3.78. The van der Waals surface area contributed by atoms with E-state index in [9.17, 15) is 0 Å². The third-order valence-electron chi connectivity index (χ3n) is 1.58. The van der Waals surface area contributed by atoms with Crippen LogP contribution in [0.1, 0.15) is 11.1 Å². The molecule has 0 saturated heterocycles. The molecule has 2 nitrogen and oxygen atoms in total. The van der Waals surface area contributed by atoms with Gasteiger partial charge in [0.1, 0.15) is 0 Å². The molecule has 0 fully saturated rings. The van der Waals surface area contributed by atoms with Crippen molar-refractivity contribution in [3.8, 4) is 12.1 Å². The van der Waals surface area contributed by atoms with Crippen molar-refractivity contribution in [1.82, 2.24) is 0 Å². The van der Waals surface area contributed by atoms with Crippen LogP contribution in [0.4, 0.5) is 0 Å². The van der Waals surface area contributed by atoms with Crippen LogP contribution in [0.15, 0.2) is 18.2 Å². The Bertz CT molecular complexity index is 351. The van der Waals surface area contributed by atoms with Crippen molar-refractivity contribution < 1.29 is 0 Å². The van der Waals surface area contributed by atoms with E-state index in [2.05, 4.69) is 0 Å². The zero-order valence-corrected chi connectivity index (χ0v) is 7.67. The Labute approximate surface area is 82.0 Å². The van der Waals surface area contributed by atoms with Crippen molar-refractivity contribution in [2.24, 2.45) is 0 Å². The van der Waals surface area contributed by atoms with Crippen LogP contribution in [-0.2, 0) is 12.8 Å². The van der Waals surface area contributed by atoms with Crippen LogP contribution < -0.4 is 0 Å². The van der Waals surface area contributed by atoms with Gasteiger partial charge in [-0.3, -0.25) is 0 Å². The third-order valence-corrected chi connectivity index (χ3v) is 1.80. The number of hydrogen-bond donors (Lipinski definition) is 0.